The van der Waals surface area contributed by atoms with Crippen molar-refractivity contribution >= 4 is 35.0 Å². The van der Waals surface area contributed by atoms with E-state index in [2.05, 4.69) is 13.2 Å². The first-order valence-corrected chi connectivity index (χ1v) is 14.1. The van der Waals surface area contributed by atoms with Crippen LogP contribution in [0.25, 0.3) is 0 Å². The molecule has 3 saturated heterocycles. The number of aliphatic hydroxyl groups is 1. The Morgan fingerprint density at radius 1 is 1.18 bits per heavy atom. The molecule has 212 valence electrons. The van der Waals surface area contributed by atoms with Gasteiger partial charge in [0.05, 0.1) is 28.1 Å². The third-order valence-electron chi connectivity index (χ3n) is 8.65. The summed E-state index contributed by atoms with van der Waals surface area (Å²) in [5.41, 5.74) is -0.566. The second-order valence-electron chi connectivity index (χ2n) is 11.2. The summed E-state index contributed by atoms with van der Waals surface area (Å²) in [6.45, 7) is 12.3. The summed E-state index contributed by atoms with van der Waals surface area (Å²) >= 11 is 6.61. The van der Waals surface area contributed by atoms with Gasteiger partial charge in [0, 0.05) is 33.3 Å². The number of nitrogens with zero attached hydrogens (tertiary/aromatic N) is 3. The van der Waals surface area contributed by atoms with E-state index in [-0.39, 0.29) is 30.9 Å². The fourth-order valence-corrected chi connectivity index (χ4v) is 7.27. The Hall–Kier alpha value is -2.68. The van der Waals surface area contributed by atoms with Crippen LogP contribution in [0.3, 0.4) is 0 Å². The molecule has 1 spiro atoms. The molecule has 4 rings (SSSR count). The summed E-state index contributed by atoms with van der Waals surface area (Å²) in [6.07, 6.45) is 6.31. The number of rotatable bonds is 12. The van der Waals surface area contributed by atoms with Gasteiger partial charge >= 0.3 is 0 Å². The second-order valence-corrected chi connectivity index (χ2v) is 11.6. The highest BCUT2D eigenvalue weighted by Gasteiger charge is 2.78. The van der Waals surface area contributed by atoms with Gasteiger partial charge in [-0.1, -0.05) is 35.9 Å². The van der Waals surface area contributed by atoms with Crippen LogP contribution in [-0.4, -0.2) is 83.2 Å². The number of likely N-dealkylation sites (tertiary alicyclic amines) is 1. The smallest absolute Gasteiger partial charge is 0.253 e. The van der Waals surface area contributed by atoms with E-state index in [4.69, 9.17) is 16.3 Å². The van der Waals surface area contributed by atoms with E-state index in [1.807, 2.05) is 26.0 Å². The number of halogens is 1. The largest absolute Gasteiger partial charge is 0.396 e. The summed E-state index contributed by atoms with van der Waals surface area (Å²) in [4.78, 5) is 47.4. The van der Waals surface area contributed by atoms with Gasteiger partial charge < -0.3 is 24.5 Å². The molecule has 5 atom stereocenters. The van der Waals surface area contributed by atoms with Gasteiger partial charge in [0.15, 0.2) is 0 Å². The second kappa shape index (κ2) is 11.4. The van der Waals surface area contributed by atoms with E-state index in [1.54, 1.807) is 40.0 Å². The van der Waals surface area contributed by atoms with Crippen LogP contribution < -0.4 is 4.90 Å². The van der Waals surface area contributed by atoms with Gasteiger partial charge in [-0.25, -0.2) is 0 Å². The highest BCUT2D eigenvalue weighted by Crippen LogP contribution is 2.63. The zero-order valence-electron chi connectivity index (χ0n) is 23.2. The molecule has 0 saturated carbocycles. The number of anilines is 1. The lowest BCUT2D eigenvalue weighted by molar-refractivity contribution is -0.149. The molecule has 3 heterocycles. The number of aryl methyl sites for hydroxylation is 1. The molecule has 3 amide bonds. The van der Waals surface area contributed by atoms with Gasteiger partial charge in [-0.3, -0.25) is 14.4 Å². The van der Waals surface area contributed by atoms with E-state index >= 15 is 0 Å². The number of hydrogen-bond acceptors (Lipinski definition) is 5. The topological polar surface area (TPSA) is 90.4 Å². The van der Waals surface area contributed by atoms with E-state index < -0.39 is 29.1 Å². The predicted octanol–water partition coefficient (Wildman–Crippen LogP) is 3.74. The van der Waals surface area contributed by atoms with Crippen molar-refractivity contribution in [2.45, 2.75) is 63.2 Å². The summed E-state index contributed by atoms with van der Waals surface area (Å²) in [6, 6.07) is 4.55. The molecule has 0 radical (unpaired) electrons. The highest BCUT2D eigenvalue weighted by atomic mass is 35.5. The van der Waals surface area contributed by atoms with Crippen LogP contribution in [0.1, 0.15) is 44.6 Å². The van der Waals surface area contributed by atoms with Gasteiger partial charge in [-0.05, 0) is 57.6 Å². The fourth-order valence-electron chi connectivity index (χ4n) is 6.95. The summed E-state index contributed by atoms with van der Waals surface area (Å²) in [7, 11) is 1.70. The zero-order chi connectivity index (χ0) is 28.5. The minimum atomic E-state index is -1.12. The SMILES string of the molecule is C=CCN(C)C(=O)[C@@H]1[C@H]2C(=O)N(CCCCCO)C(C(=O)N(CC=C)c3c(C)cccc3Cl)C23CC[C@@]1(C)O3. The van der Waals surface area contributed by atoms with Crippen LogP contribution in [0.2, 0.25) is 5.02 Å². The maximum absolute atomic E-state index is 14.6. The van der Waals surface area contributed by atoms with Crippen LogP contribution in [0.4, 0.5) is 5.69 Å². The molecule has 2 bridgehead atoms. The first-order valence-electron chi connectivity index (χ1n) is 13.7. The Kier molecular flexibility index (Phi) is 8.59. The van der Waals surface area contributed by atoms with Crippen LogP contribution in [0, 0.1) is 18.8 Å². The van der Waals surface area contributed by atoms with Crippen molar-refractivity contribution < 1.29 is 24.2 Å². The highest BCUT2D eigenvalue weighted by molar-refractivity contribution is 6.34. The van der Waals surface area contributed by atoms with Crippen LogP contribution in [0.15, 0.2) is 43.5 Å². The Bertz CT molecular complexity index is 1140. The first kappa shape index (κ1) is 29.3. The Labute approximate surface area is 236 Å². The van der Waals surface area contributed by atoms with E-state index in [1.165, 1.54) is 0 Å². The van der Waals surface area contributed by atoms with Crippen molar-refractivity contribution in [3.8, 4) is 0 Å². The lowest BCUT2D eigenvalue weighted by Crippen LogP contribution is -2.56. The van der Waals surface area contributed by atoms with Crippen molar-refractivity contribution in [3.05, 3.63) is 54.1 Å². The molecule has 1 aromatic rings. The molecule has 2 unspecified atom stereocenters. The molecule has 1 aromatic carbocycles. The third kappa shape index (κ3) is 4.81. The average molecular weight is 558 g/mol. The number of fused-ring (bicyclic) bond motifs is 1. The lowest BCUT2D eigenvalue weighted by atomic mass is 9.66. The number of likely N-dealkylation sites (N-methyl/N-ethyl adjacent to an activating group) is 1. The van der Waals surface area contributed by atoms with Crippen molar-refractivity contribution in [3.63, 3.8) is 0 Å². The minimum absolute atomic E-state index is 0.0649. The molecular formula is C30H40ClN3O5. The van der Waals surface area contributed by atoms with Gasteiger partial charge in [0.25, 0.3) is 5.91 Å². The summed E-state index contributed by atoms with van der Waals surface area (Å²) in [5.74, 6) is -2.14. The lowest BCUT2D eigenvalue weighted by Gasteiger charge is -2.37. The first-order chi connectivity index (χ1) is 18.6. The Morgan fingerprint density at radius 3 is 2.54 bits per heavy atom. The number of amides is 3. The number of ether oxygens (including phenoxy) is 1. The molecule has 3 aliphatic rings. The number of benzene rings is 1. The van der Waals surface area contributed by atoms with Crippen molar-refractivity contribution in [2.24, 2.45) is 11.8 Å². The standard InChI is InChI=1S/C30H40ClN3O5/c1-6-16-32(5)26(36)22-23-27(37)34(18-9-8-10-19-35)25(30(23)15-14-29(22,4)39-30)28(38)33(17-7-2)24-20(3)12-11-13-21(24)31/h6-7,11-13,22-23,25,35H,1-2,8-10,14-19H2,3-5H3/t22-,23-,25?,29+,30?/m0/s1. The average Bonchev–Trinajstić information content (AvgIpc) is 3.46. The molecule has 0 aliphatic carbocycles. The number of unbranched alkanes of at least 4 members (excludes halogenated alkanes) is 2. The van der Waals surface area contributed by atoms with E-state index in [9.17, 15) is 19.5 Å². The Balaban J connectivity index is 1.80. The minimum Gasteiger partial charge on any atom is -0.396 e. The quantitative estimate of drug-likeness (QED) is 0.312. The maximum Gasteiger partial charge on any atom is 0.253 e. The normalized spacial score (nSPS) is 28.9. The molecule has 1 N–H and O–H groups in total. The predicted molar refractivity (Wildman–Crippen MR) is 151 cm³/mol. The van der Waals surface area contributed by atoms with Crippen LogP contribution >= 0.6 is 11.6 Å². The number of aliphatic hydroxyl groups excluding tert-OH is 1. The molecule has 0 aromatic heterocycles. The third-order valence-corrected chi connectivity index (χ3v) is 8.95. The maximum atomic E-state index is 14.6. The van der Waals surface area contributed by atoms with Crippen molar-refractivity contribution in [1.82, 2.24) is 9.80 Å². The zero-order valence-corrected chi connectivity index (χ0v) is 24.0. The monoisotopic (exact) mass is 557 g/mol. The van der Waals surface area contributed by atoms with Gasteiger partial charge in [0.1, 0.15) is 11.6 Å². The number of para-hydroxylation sites is 1. The molecular weight excluding hydrogens is 518 g/mol. The van der Waals surface area contributed by atoms with Crippen LogP contribution in [-0.2, 0) is 19.1 Å². The number of carbonyl (C=O) groups is 3. The summed E-state index contributed by atoms with van der Waals surface area (Å²) < 4.78 is 6.74. The molecule has 3 fully saturated rings. The van der Waals surface area contributed by atoms with Gasteiger partial charge in [-0.2, -0.15) is 0 Å². The van der Waals surface area contributed by atoms with Crippen molar-refractivity contribution in [2.75, 3.05) is 38.2 Å². The molecule has 8 nitrogen and oxygen atoms in total. The van der Waals surface area contributed by atoms with Crippen molar-refractivity contribution in [1.29, 1.82) is 0 Å². The number of carbonyl (C=O) groups excluding carboxylic acids is 3. The van der Waals surface area contributed by atoms with E-state index in [0.717, 1.165) is 5.56 Å². The molecule has 9 heteroatoms. The van der Waals surface area contributed by atoms with Gasteiger partial charge in [0.2, 0.25) is 11.8 Å². The number of hydrogen-bond donors (Lipinski definition) is 1. The fraction of sp³-hybridized carbons (Fsp3) is 0.567. The molecule has 3 aliphatic heterocycles. The summed E-state index contributed by atoms with van der Waals surface area (Å²) in [5, 5.41) is 9.70. The van der Waals surface area contributed by atoms with Gasteiger partial charge in [-0.15, -0.1) is 13.2 Å². The Morgan fingerprint density at radius 2 is 1.90 bits per heavy atom. The van der Waals surface area contributed by atoms with E-state index in [0.29, 0.717) is 55.9 Å². The molecule has 39 heavy (non-hydrogen) atoms. The van der Waals surface area contributed by atoms with Crippen LogP contribution in [0.5, 0.6) is 0 Å².